The Morgan fingerprint density at radius 1 is 1.47 bits per heavy atom. The first-order valence-corrected chi connectivity index (χ1v) is 6.92. The Labute approximate surface area is 114 Å². The number of hydrogen-bond acceptors (Lipinski definition) is 3. The lowest BCUT2D eigenvalue weighted by atomic mass is 10.1. The zero-order valence-corrected chi connectivity index (χ0v) is 11.4. The van der Waals surface area contributed by atoms with Crippen molar-refractivity contribution in [1.82, 2.24) is 0 Å². The molecule has 104 valence electrons. The molecule has 2 rings (SSSR count). The Morgan fingerprint density at radius 3 is 2.89 bits per heavy atom. The van der Waals surface area contributed by atoms with Crippen molar-refractivity contribution in [3.05, 3.63) is 24.3 Å². The number of nitrogens with two attached hydrogens (primary N) is 1. The van der Waals surface area contributed by atoms with Crippen LogP contribution in [0.2, 0.25) is 0 Å². The van der Waals surface area contributed by atoms with Gasteiger partial charge in [0, 0.05) is 6.04 Å². The molecule has 1 saturated carbocycles. The second-order valence-electron chi connectivity index (χ2n) is 5.29. The fourth-order valence-electron chi connectivity index (χ4n) is 2.15. The van der Waals surface area contributed by atoms with Gasteiger partial charge >= 0.3 is 0 Å². The molecule has 0 aromatic heterocycles. The van der Waals surface area contributed by atoms with Crippen LogP contribution in [0.1, 0.15) is 32.6 Å². The summed E-state index contributed by atoms with van der Waals surface area (Å²) in [7, 11) is 0. The first-order valence-electron chi connectivity index (χ1n) is 6.92. The van der Waals surface area contributed by atoms with Gasteiger partial charge < -0.3 is 15.8 Å². The van der Waals surface area contributed by atoms with Gasteiger partial charge in [0.05, 0.1) is 18.7 Å². The van der Waals surface area contributed by atoms with E-state index in [4.69, 9.17) is 10.5 Å². The number of anilines is 1. The van der Waals surface area contributed by atoms with Gasteiger partial charge in [-0.05, 0) is 31.4 Å². The number of nitrogens with one attached hydrogen (secondary N) is 1. The van der Waals surface area contributed by atoms with Gasteiger partial charge in [-0.3, -0.25) is 4.79 Å². The topological polar surface area (TPSA) is 64.3 Å². The van der Waals surface area contributed by atoms with Crippen LogP contribution in [0.3, 0.4) is 0 Å². The molecule has 0 radical (unpaired) electrons. The third-order valence-electron chi connectivity index (χ3n) is 3.28. The summed E-state index contributed by atoms with van der Waals surface area (Å²) in [6.07, 6.45) is 4.17. The van der Waals surface area contributed by atoms with E-state index in [0.29, 0.717) is 12.6 Å². The lowest BCUT2D eigenvalue weighted by Crippen LogP contribution is -2.17. The van der Waals surface area contributed by atoms with E-state index in [2.05, 4.69) is 12.2 Å². The highest BCUT2D eigenvalue weighted by Crippen LogP contribution is 2.34. The number of carbonyl (C=O) groups excluding carboxylic acids is 1. The quantitative estimate of drug-likeness (QED) is 0.756. The van der Waals surface area contributed by atoms with Crippen LogP contribution in [0.5, 0.6) is 5.75 Å². The van der Waals surface area contributed by atoms with Crippen molar-refractivity contribution in [3.8, 4) is 5.75 Å². The highest BCUT2D eigenvalue weighted by Gasteiger charge is 2.23. The van der Waals surface area contributed by atoms with Gasteiger partial charge in [-0.15, -0.1) is 0 Å². The SMILES string of the molecule is CC(CC1CC1)Nc1ccccc1OCCC(N)=O. The maximum absolute atomic E-state index is 10.7. The molecule has 19 heavy (non-hydrogen) atoms. The number of carbonyl (C=O) groups is 1. The average Bonchev–Trinajstić information content (AvgIpc) is 3.14. The summed E-state index contributed by atoms with van der Waals surface area (Å²) in [6, 6.07) is 8.26. The van der Waals surface area contributed by atoms with E-state index in [9.17, 15) is 4.79 Å². The normalized spacial score (nSPS) is 15.8. The molecule has 1 aromatic carbocycles. The molecule has 4 heteroatoms. The van der Waals surface area contributed by atoms with Crippen molar-refractivity contribution < 1.29 is 9.53 Å². The summed E-state index contributed by atoms with van der Waals surface area (Å²) >= 11 is 0. The number of amides is 1. The molecule has 0 spiro atoms. The minimum atomic E-state index is -0.340. The molecule has 1 aliphatic rings. The van der Waals surface area contributed by atoms with Crippen molar-refractivity contribution in [1.29, 1.82) is 0 Å². The second-order valence-corrected chi connectivity index (χ2v) is 5.29. The molecular weight excluding hydrogens is 240 g/mol. The van der Waals surface area contributed by atoms with Gasteiger partial charge in [-0.25, -0.2) is 0 Å². The van der Waals surface area contributed by atoms with Crippen LogP contribution < -0.4 is 15.8 Å². The molecule has 1 aliphatic carbocycles. The molecule has 4 nitrogen and oxygen atoms in total. The smallest absolute Gasteiger partial charge is 0.220 e. The van der Waals surface area contributed by atoms with Crippen LogP contribution in [-0.2, 0) is 4.79 Å². The minimum absolute atomic E-state index is 0.242. The van der Waals surface area contributed by atoms with Crippen LogP contribution in [-0.4, -0.2) is 18.6 Å². The Morgan fingerprint density at radius 2 is 2.21 bits per heavy atom. The molecule has 1 amide bonds. The summed E-state index contributed by atoms with van der Waals surface area (Å²) < 4.78 is 5.61. The fourth-order valence-corrected chi connectivity index (χ4v) is 2.15. The molecule has 0 heterocycles. The van der Waals surface area contributed by atoms with E-state index in [1.165, 1.54) is 19.3 Å². The zero-order chi connectivity index (χ0) is 13.7. The Kier molecular flexibility index (Phi) is 4.66. The molecule has 0 bridgehead atoms. The van der Waals surface area contributed by atoms with Gasteiger partial charge in [0.2, 0.25) is 5.91 Å². The molecule has 0 saturated heterocycles. The van der Waals surface area contributed by atoms with E-state index >= 15 is 0 Å². The van der Waals surface area contributed by atoms with Crippen molar-refractivity contribution in [2.45, 2.75) is 38.6 Å². The number of hydrogen-bond donors (Lipinski definition) is 2. The van der Waals surface area contributed by atoms with Gasteiger partial charge in [0.25, 0.3) is 0 Å². The summed E-state index contributed by atoms with van der Waals surface area (Å²) in [4.78, 5) is 10.7. The second kappa shape index (κ2) is 6.45. The molecule has 1 atom stereocenters. The number of benzene rings is 1. The van der Waals surface area contributed by atoms with Crippen LogP contribution in [0.25, 0.3) is 0 Å². The molecule has 1 unspecified atom stereocenters. The van der Waals surface area contributed by atoms with Crippen molar-refractivity contribution in [2.24, 2.45) is 11.7 Å². The Hall–Kier alpha value is -1.71. The third-order valence-corrected chi connectivity index (χ3v) is 3.28. The maximum Gasteiger partial charge on any atom is 0.220 e. The average molecular weight is 262 g/mol. The Balaban J connectivity index is 1.88. The number of primary amides is 1. The predicted octanol–water partition coefficient (Wildman–Crippen LogP) is 2.54. The van der Waals surface area contributed by atoms with Crippen LogP contribution >= 0.6 is 0 Å². The van der Waals surface area contributed by atoms with E-state index in [1.807, 2.05) is 24.3 Å². The molecule has 1 aromatic rings. The van der Waals surface area contributed by atoms with Crippen molar-refractivity contribution in [2.75, 3.05) is 11.9 Å². The number of rotatable bonds is 8. The van der Waals surface area contributed by atoms with Crippen molar-refractivity contribution >= 4 is 11.6 Å². The molecular formula is C15H22N2O2. The van der Waals surface area contributed by atoms with Crippen molar-refractivity contribution in [3.63, 3.8) is 0 Å². The van der Waals surface area contributed by atoms with Crippen LogP contribution in [0.15, 0.2) is 24.3 Å². The van der Waals surface area contributed by atoms with Crippen LogP contribution in [0, 0.1) is 5.92 Å². The highest BCUT2D eigenvalue weighted by molar-refractivity contribution is 5.73. The lowest BCUT2D eigenvalue weighted by molar-refractivity contribution is -0.118. The highest BCUT2D eigenvalue weighted by atomic mass is 16.5. The monoisotopic (exact) mass is 262 g/mol. The lowest BCUT2D eigenvalue weighted by Gasteiger charge is -2.18. The number of ether oxygens (including phenoxy) is 1. The first-order chi connectivity index (χ1) is 9.15. The minimum Gasteiger partial charge on any atom is -0.491 e. The molecule has 1 fully saturated rings. The van der Waals surface area contributed by atoms with E-state index in [0.717, 1.165) is 17.4 Å². The Bertz CT molecular complexity index is 430. The summed E-state index contributed by atoms with van der Waals surface area (Å²) in [5, 5.41) is 3.48. The van der Waals surface area contributed by atoms with Gasteiger partial charge in [0.1, 0.15) is 5.75 Å². The number of para-hydroxylation sites is 2. The van der Waals surface area contributed by atoms with Gasteiger partial charge in [-0.2, -0.15) is 0 Å². The molecule has 0 aliphatic heterocycles. The van der Waals surface area contributed by atoms with Gasteiger partial charge in [-0.1, -0.05) is 25.0 Å². The largest absolute Gasteiger partial charge is 0.491 e. The van der Waals surface area contributed by atoms with Gasteiger partial charge in [0.15, 0.2) is 0 Å². The molecule has 3 N–H and O–H groups in total. The summed E-state index contributed by atoms with van der Waals surface area (Å²) in [5.74, 6) is 1.34. The third kappa shape index (κ3) is 4.81. The van der Waals surface area contributed by atoms with E-state index in [-0.39, 0.29) is 12.3 Å². The first kappa shape index (κ1) is 13.7. The predicted molar refractivity (Wildman–Crippen MR) is 76.2 cm³/mol. The fraction of sp³-hybridized carbons (Fsp3) is 0.533. The van der Waals surface area contributed by atoms with E-state index < -0.39 is 0 Å². The summed E-state index contributed by atoms with van der Waals surface area (Å²) in [5.41, 5.74) is 6.09. The standard InChI is InChI=1S/C15H22N2O2/c1-11(10-12-6-7-12)17-13-4-2-3-5-14(13)19-9-8-15(16)18/h2-5,11-12,17H,6-10H2,1H3,(H2,16,18). The zero-order valence-electron chi connectivity index (χ0n) is 11.4. The summed E-state index contributed by atoms with van der Waals surface area (Å²) in [6.45, 7) is 2.52. The van der Waals surface area contributed by atoms with Crippen LogP contribution in [0.4, 0.5) is 5.69 Å². The van der Waals surface area contributed by atoms with E-state index in [1.54, 1.807) is 0 Å². The maximum atomic E-state index is 10.7.